The van der Waals surface area contributed by atoms with Crippen molar-refractivity contribution in [2.75, 3.05) is 13.4 Å². The van der Waals surface area contributed by atoms with E-state index >= 15 is 0 Å². The quantitative estimate of drug-likeness (QED) is 0.532. The normalized spacial score (nSPS) is 12.5. The molecule has 0 bridgehead atoms. The largest absolute Gasteiger partial charge is 0.493 e. The highest BCUT2D eigenvalue weighted by molar-refractivity contribution is 5.81. The number of hydrogen-bond acceptors (Lipinski definition) is 4. The van der Waals surface area contributed by atoms with Crippen LogP contribution in [0.2, 0.25) is 0 Å². The zero-order valence-electron chi connectivity index (χ0n) is 11.3. The molecule has 1 aliphatic rings. The molecule has 4 nitrogen and oxygen atoms in total. The Labute approximate surface area is 113 Å². The van der Waals surface area contributed by atoms with E-state index < -0.39 is 0 Å². The molecule has 0 N–H and O–H groups in total. The lowest BCUT2D eigenvalue weighted by Crippen LogP contribution is -2.00. The molecule has 0 spiro atoms. The first-order valence-electron chi connectivity index (χ1n) is 6.86. The molecule has 0 fully saturated rings. The van der Waals surface area contributed by atoms with Crippen molar-refractivity contribution in [3.63, 3.8) is 0 Å². The van der Waals surface area contributed by atoms with Crippen LogP contribution in [0.4, 0.5) is 0 Å². The minimum Gasteiger partial charge on any atom is -0.493 e. The third-order valence-electron chi connectivity index (χ3n) is 3.14. The van der Waals surface area contributed by atoms with E-state index in [0.717, 1.165) is 19.1 Å². The van der Waals surface area contributed by atoms with Crippen LogP contribution in [-0.2, 0) is 0 Å². The Hall–Kier alpha value is -1.71. The summed E-state index contributed by atoms with van der Waals surface area (Å²) < 4.78 is 16.2. The molecule has 0 aliphatic carbocycles. The molecule has 2 rings (SSSR count). The van der Waals surface area contributed by atoms with Gasteiger partial charge in [-0.3, -0.25) is 4.79 Å². The summed E-state index contributed by atoms with van der Waals surface area (Å²) in [6.45, 7) is 3.03. The van der Waals surface area contributed by atoms with Crippen molar-refractivity contribution >= 4 is 6.29 Å². The monoisotopic (exact) mass is 264 g/mol. The number of rotatable bonds is 8. The Balaban J connectivity index is 1.87. The fourth-order valence-electron chi connectivity index (χ4n) is 2.04. The number of benzene rings is 1. The second-order valence-corrected chi connectivity index (χ2v) is 4.62. The average molecular weight is 264 g/mol. The lowest BCUT2D eigenvalue weighted by Gasteiger charge is -2.09. The number of carbonyl (C=O) groups is 1. The second-order valence-electron chi connectivity index (χ2n) is 4.62. The smallest absolute Gasteiger partial charge is 0.231 e. The van der Waals surface area contributed by atoms with Crippen LogP contribution < -0.4 is 14.2 Å². The van der Waals surface area contributed by atoms with E-state index in [2.05, 4.69) is 6.92 Å². The van der Waals surface area contributed by atoms with Crippen molar-refractivity contribution in [1.82, 2.24) is 0 Å². The molecule has 1 aromatic rings. The van der Waals surface area contributed by atoms with Crippen molar-refractivity contribution in [3.05, 3.63) is 17.7 Å². The summed E-state index contributed by atoms with van der Waals surface area (Å²) in [4.78, 5) is 11.0. The van der Waals surface area contributed by atoms with Crippen LogP contribution in [-0.4, -0.2) is 19.7 Å². The SMILES string of the molecule is CCCCCCCOc1cc2c(cc1C=O)OCO2. The highest BCUT2D eigenvalue weighted by Crippen LogP contribution is 2.37. The van der Waals surface area contributed by atoms with Gasteiger partial charge < -0.3 is 14.2 Å². The van der Waals surface area contributed by atoms with Gasteiger partial charge >= 0.3 is 0 Å². The van der Waals surface area contributed by atoms with Crippen molar-refractivity contribution in [3.8, 4) is 17.2 Å². The van der Waals surface area contributed by atoms with Gasteiger partial charge in [-0.15, -0.1) is 0 Å². The number of aldehydes is 1. The average Bonchev–Trinajstić information content (AvgIpc) is 2.88. The summed E-state index contributed by atoms with van der Waals surface area (Å²) in [7, 11) is 0. The van der Waals surface area contributed by atoms with E-state index in [1.165, 1.54) is 19.3 Å². The topological polar surface area (TPSA) is 44.8 Å². The Kier molecular flexibility index (Phi) is 5.07. The van der Waals surface area contributed by atoms with Crippen LogP contribution >= 0.6 is 0 Å². The Morgan fingerprint density at radius 1 is 1.16 bits per heavy atom. The summed E-state index contributed by atoms with van der Waals surface area (Å²) in [5, 5.41) is 0. The number of carbonyl (C=O) groups excluding carboxylic acids is 1. The minimum absolute atomic E-state index is 0.202. The molecule has 0 saturated heterocycles. The maximum absolute atomic E-state index is 11.0. The van der Waals surface area contributed by atoms with Gasteiger partial charge in [0.05, 0.1) is 12.2 Å². The molecule has 104 valence electrons. The summed E-state index contributed by atoms with van der Waals surface area (Å²) >= 11 is 0. The summed E-state index contributed by atoms with van der Waals surface area (Å²) in [6.07, 6.45) is 6.69. The van der Waals surface area contributed by atoms with Crippen LogP contribution in [0.5, 0.6) is 17.2 Å². The number of hydrogen-bond donors (Lipinski definition) is 0. The van der Waals surface area contributed by atoms with Crippen LogP contribution in [0.15, 0.2) is 12.1 Å². The predicted molar refractivity (Wildman–Crippen MR) is 72.2 cm³/mol. The zero-order chi connectivity index (χ0) is 13.5. The lowest BCUT2D eigenvalue weighted by molar-refractivity contribution is 0.111. The molecule has 0 aromatic heterocycles. The Morgan fingerprint density at radius 2 is 1.89 bits per heavy atom. The van der Waals surface area contributed by atoms with Crippen molar-refractivity contribution in [2.24, 2.45) is 0 Å². The summed E-state index contributed by atoms with van der Waals surface area (Å²) in [5.74, 6) is 1.83. The fourth-order valence-corrected chi connectivity index (χ4v) is 2.04. The molecule has 1 aliphatic heterocycles. The van der Waals surface area contributed by atoms with E-state index in [1.54, 1.807) is 12.1 Å². The van der Waals surface area contributed by atoms with E-state index in [-0.39, 0.29) is 6.79 Å². The molecule has 0 atom stereocenters. The van der Waals surface area contributed by atoms with Crippen LogP contribution in [0.3, 0.4) is 0 Å². The van der Waals surface area contributed by atoms with Gasteiger partial charge in [0.1, 0.15) is 5.75 Å². The Morgan fingerprint density at radius 3 is 2.63 bits per heavy atom. The van der Waals surface area contributed by atoms with Gasteiger partial charge in [0.15, 0.2) is 17.8 Å². The van der Waals surface area contributed by atoms with Crippen molar-refractivity contribution < 1.29 is 19.0 Å². The third-order valence-corrected chi connectivity index (χ3v) is 3.14. The highest BCUT2D eigenvalue weighted by Gasteiger charge is 2.17. The van der Waals surface area contributed by atoms with Crippen LogP contribution in [0.25, 0.3) is 0 Å². The zero-order valence-corrected chi connectivity index (χ0v) is 11.3. The maximum atomic E-state index is 11.0. The molecular weight excluding hydrogens is 244 g/mol. The van der Waals surface area contributed by atoms with Crippen LogP contribution in [0.1, 0.15) is 49.4 Å². The molecule has 4 heteroatoms. The molecule has 19 heavy (non-hydrogen) atoms. The van der Waals surface area contributed by atoms with Gasteiger partial charge in [-0.25, -0.2) is 0 Å². The van der Waals surface area contributed by atoms with Gasteiger partial charge in [-0.2, -0.15) is 0 Å². The highest BCUT2D eigenvalue weighted by atomic mass is 16.7. The third kappa shape index (κ3) is 3.63. The van der Waals surface area contributed by atoms with Gasteiger partial charge in [-0.05, 0) is 12.5 Å². The van der Waals surface area contributed by atoms with Gasteiger partial charge in [-0.1, -0.05) is 32.6 Å². The fraction of sp³-hybridized carbons (Fsp3) is 0.533. The van der Waals surface area contributed by atoms with Crippen LogP contribution in [0, 0.1) is 0 Å². The molecule has 1 heterocycles. The molecule has 0 saturated carbocycles. The first-order chi connectivity index (χ1) is 9.35. The van der Waals surface area contributed by atoms with Gasteiger partial charge in [0.2, 0.25) is 6.79 Å². The first kappa shape index (κ1) is 13.7. The summed E-state index contributed by atoms with van der Waals surface area (Å²) in [5.41, 5.74) is 0.512. The lowest BCUT2D eigenvalue weighted by atomic mass is 10.1. The molecule has 0 amide bonds. The molecule has 0 unspecified atom stereocenters. The standard InChI is InChI=1S/C15H20O4/c1-2-3-4-5-6-7-17-13-9-15-14(18-11-19-15)8-12(13)10-16/h8-10H,2-7,11H2,1H3. The molecule has 0 radical (unpaired) electrons. The minimum atomic E-state index is 0.202. The van der Waals surface area contributed by atoms with Crippen molar-refractivity contribution in [1.29, 1.82) is 0 Å². The maximum Gasteiger partial charge on any atom is 0.231 e. The van der Waals surface area contributed by atoms with E-state index in [9.17, 15) is 4.79 Å². The van der Waals surface area contributed by atoms with Gasteiger partial charge in [0.25, 0.3) is 0 Å². The van der Waals surface area contributed by atoms with E-state index in [0.29, 0.717) is 29.4 Å². The number of unbranched alkanes of at least 4 members (excludes halogenated alkanes) is 4. The number of ether oxygens (including phenoxy) is 3. The number of fused-ring (bicyclic) bond motifs is 1. The van der Waals surface area contributed by atoms with E-state index in [1.807, 2.05) is 0 Å². The first-order valence-corrected chi connectivity index (χ1v) is 6.86. The van der Waals surface area contributed by atoms with Crippen molar-refractivity contribution in [2.45, 2.75) is 39.0 Å². The summed E-state index contributed by atoms with van der Waals surface area (Å²) in [6, 6.07) is 3.40. The molecule has 1 aromatic carbocycles. The second kappa shape index (κ2) is 7.02. The Bertz CT molecular complexity index is 428. The van der Waals surface area contributed by atoms with Gasteiger partial charge in [0, 0.05) is 6.07 Å². The predicted octanol–water partition coefficient (Wildman–Crippen LogP) is 3.58. The van der Waals surface area contributed by atoms with E-state index in [4.69, 9.17) is 14.2 Å². The molecular formula is C15H20O4.